The Balaban J connectivity index is 2.10. The van der Waals surface area contributed by atoms with E-state index in [2.05, 4.69) is 22.5 Å². The topological polar surface area (TPSA) is 67.6 Å². The van der Waals surface area contributed by atoms with E-state index in [-0.39, 0.29) is 0 Å². The molecule has 92 valence electrons. The molecule has 1 aliphatic carbocycles. The fraction of sp³-hybridized carbons (Fsp3) is 0.429. The predicted octanol–water partition coefficient (Wildman–Crippen LogP) is 2.85. The van der Waals surface area contributed by atoms with Gasteiger partial charge in [0.2, 0.25) is 5.95 Å². The molecular weight excluding hydrogens is 224 g/mol. The highest BCUT2D eigenvalue weighted by Gasteiger charge is 2.26. The number of benzene rings is 1. The summed E-state index contributed by atoms with van der Waals surface area (Å²) in [6.45, 7) is 2.18. The Bertz CT molecular complexity index is 631. The molecule has 1 fully saturated rings. The molecule has 3 rings (SSSR count). The molecule has 0 amide bonds. The summed E-state index contributed by atoms with van der Waals surface area (Å²) >= 11 is 0. The van der Waals surface area contributed by atoms with Crippen LogP contribution in [-0.2, 0) is 0 Å². The maximum absolute atomic E-state index is 9.09. The molecule has 18 heavy (non-hydrogen) atoms. The summed E-state index contributed by atoms with van der Waals surface area (Å²) in [6, 6.07) is 8.18. The number of nitrogen functional groups attached to an aromatic ring is 1. The lowest BCUT2D eigenvalue weighted by molar-refractivity contribution is 0.492. The average molecular weight is 240 g/mol. The molecule has 0 aliphatic heterocycles. The highest BCUT2D eigenvalue weighted by atomic mass is 15.2. The Labute approximate surface area is 106 Å². The number of imidazole rings is 1. The number of para-hydroxylation sites is 1. The molecule has 4 nitrogen and oxygen atoms in total. The van der Waals surface area contributed by atoms with Crippen LogP contribution in [0.4, 0.5) is 5.95 Å². The third kappa shape index (κ3) is 1.72. The first kappa shape index (κ1) is 11.1. The fourth-order valence-corrected chi connectivity index (χ4v) is 2.63. The number of anilines is 1. The van der Waals surface area contributed by atoms with E-state index in [9.17, 15) is 0 Å². The third-order valence-electron chi connectivity index (χ3n) is 3.68. The molecule has 1 atom stereocenters. The Kier molecular flexibility index (Phi) is 2.48. The minimum atomic E-state index is 0.344. The summed E-state index contributed by atoms with van der Waals surface area (Å²) in [4.78, 5) is 4.35. The molecule has 0 saturated heterocycles. The van der Waals surface area contributed by atoms with Crippen molar-refractivity contribution < 1.29 is 0 Å². The van der Waals surface area contributed by atoms with Gasteiger partial charge in [-0.05, 0) is 31.4 Å². The zero-order chi connectivity index (χ0) is 12.7. The molecule has 0 spiro atoms. The lowest BCUT2D eigenvalue weighted by Gasteiger charge is -2.15. The molecule has 0 bridgehead atoms. The first-order chi connectivity index (χ1) is 8.70. The van der Waals surface area contributed by atoms with Crippen molar-refractivity contribution in [3.63, 3.8) is 0 Å². The van der Waals surface area contributed by atoms with Gasteiger partial charge < -0.3 is 10.3 Å². The van der Waals surface area contributed by atoms with Crippen LogP contribution in [0.25, 0.3) is 11.0 Å². The largest absolute Gasteiger partial charge is 0.369 e. The molecule has 4 heteroatoms. The number of fused-ring (bicyclic) bond motifs is 1. The Morgan fingerprint density at radius 1 is 1.56 bits per heavy atom. The summed E-state index contributed by atoms with van der Waals surface area (Å²) in [5, 5.41) is 9.09. The quantitative estimate of drug-likeness (QED) is 0.897. The SMILES string of the molecule is CC(CC1CC1)n1c(N)nc2c(C#N)cccc21. The number of aromatic nitrogens is 2. The lowest BCUT2D eigenvalue weighted by Crippen LogP contribution is -2.09. The van der Waals surface area contributed by atoms with E-state index in [1.165, 1.54) is 12.8 Å². The molecule has 1 aromatic carbocycles. The number of nitrogens with zero attached hydrogens (tertiary/aromatic N) is 3. The standard InChI is InChI=1S/C14H16N4/c1-9(7-10-5-6-10)18-12-4-2-3-11(8-15)13(12)17-14(18)16/h2-4,9-10H,5-7H2,1H3,(H2,16,17). The third-order valence-corrected chi connectivity index (χ3v) is 3.68. The van der Waals surface area contributed by atoms with E-state index < -0.39 is 0 Å². The zero-order valence-corrected chi connectivity index (χ0v) is 10.4. The van der Waals surface area contributed by atoms with Crippen LogP contribution in [0, 0.1) is 17.2 Å². The normalized spacial score (nSPS) is 16.7. The van der Waals surface area contributed by atoms with Crippen LogP contribution in [0.15, 0.2) is 18.2 Å². The monoisotopic (exact) mass is 240 g/mol. The van der Waals surface area contributed by atoms with E-state index in [1.54, 1.807) is 6.07 Å². The van der Waals surface area contributed by atoms with Crippen LogP contribution in [0.2, 0.25) is 0 Å². The van der Waals surface area contributed by atoms with Crippen LogP contribution in [-0.4, -0.2) is 9.55 Å². The number of nitriles is 1. The summed E-state index contributed by atoms with van der Waals surface area (Å²) in [5.41, 5.74) is 8.30. The van der Waals surface area contributed by atoms with Crippen LogP contribution in [0.5, 0.6) is 0 Å². The van der Waals surface area contributed by atoms with Gasteiger partial charge in [0.05, 0.1) is 11.1 Å². The first-order valence-corrected chi connectivity index (χ1v) is 6.37. The predicted molar refractivity (Wildman–Crippen MR) is 70.9 cm³/mol. The van der Waals surface area contributed by atoms with Gasteiger partial charge in [-0.15, -0.1) is 0 Å². The zero-order valence-electron chi connectivity index (χ0n) is 10.4. The van der Waals surface area contributed by atoms with Gasteiger partial charge in [0.15, 0.2) is 0 Å². The number of hydrogen-bond donors (Lipinski definition) is 1. The fourth-order valence-electron chi connectivity index (χ4n) is 2.63. The molecule has 1 saturated carbocycles. The Morgan fingerprint density at radius 2 is 2.33 bits per heavy atom. The van der Waals surface area contributed by atoms with E-state index >= 15 is 0 Å². The molecule has 1 heterocycles. The molecule has 1 unspecified atom stereocenters. The van der Waals surface area contributed by atoms with Crippen molar-refractivity contribution in [2.45, 2.75) is 32.2 Å². The first-order valence-electron chi connectivity index (χ1n) is 6.37. The summed E-state index contributed by atoms with van der Waals surface area (Å²) in [5.74, 6) is 1.36. The average Bonchev–Trinajstić information content (AvgIpc) is 3.08. The number of nitrogens with two attached hydrogens (primary N) is 1. The van der Waals surface area contributed by atoms with Crippen molar-refractivity contribution in [1.82, 2.24) is 9.55 Å². The second-order valence-corrected chi connectivity index (χ2v) is 5.15. The van der Waals surface area contributed by atoms with Crippen molar-refractivity contribution in [2.75, 3.05) is 5.73 Å². The summed E-state index contributed by atoms with van der Waals surface area (Å²) in [6.07, 6.45) is 3.81. The van der Waals surface area contributed by atoms with Crippen molar-refractivity contribution in [1.29, 1.82) is 5.26 Å². The van der Waals surface area contributed by atoms with Crippen molar-refractivity contribution in [2.24, 2.45) is 5.92 Å². The summed E-state index contributed by atoms with van der Waals surface area (Å²) in [7, 11) is 0. The van der Waals surface area contributed by atoms with Gasteiger partial charge in [0.25, 0.3) is 0 Å². The smallest absolute Gasteiger partial charge is 0.201 e. The van der Waals surface area contributed by atoms with Crippen LogP contribution in [0.3, 0.4) is 0 Å². The number of hydrogen-bond acceptors (Lipinski definition) is 3. The van der Waals surface area contributed by atoms with Crippen LogP contribution < -0.4 is 5.73 Å². The van der Waals surface area contributed by atoms with Gasteiger partial charge in [-0.1, -0.05) is 18.9 Å². The molecule has 2 N–H and O–H groups in total. The van der Waals surface area contributed by atoms with E-state index in [1.807, 2.05) is 12.1 Å². The minimum Gasteiger partial charge on any atom is -0.369 e. The highest BCUT2D eigenvalue weighted by molar-refractivity contribution is 5.84. The molecular formula is C14H16N4. The molecule has 0 radical (unpaired) electrons. The van der Waals surface area contributed by atoms with Crippen molar-refractivity contribution >= 4 is 17.0 Å². The van der Waals surface area contributed by atoms with Gasteiger partial charge >= 0.3 is 0 Å². The second-order valence-electron chi connectivity index (χ2n) is 5.15. The second kappa shape index (κ2) is 4.02. The number of rotatable bonds is 3. The van der Waals surface area contributed by atoms with Crippen LogP contribution >= 0.6 is 0 Å². The van der Waals surface area contributed by atoms with E-state index in [0.717, 1.165) is 23.4 Å². The lowest BCUT2D eigenvalue weighted by atomic mass is 10.1. The minimum absolute atomic E-state index is 0.344. The van der Waals surface area contributed by atoms with Crippen molar-refractivity contribution in [3.05, 3.63) is 23.8 Å². The highest BCUT2D eigenvalue weighted by Crippen LogP contribution is 2.38. The molecule has 2 aromatic rings. The van der Waals surface area contributed by atoms with Gasteiger partial charge in [-0.2, -0.15) is 5.26 Å². The maximum atomic E-state index is 9.09. The van der Waals surface area contributed by atoms with Gasteiger partial charge in [-0.25, -0.2) is 4.98 Å². The van der Waals surface area contributed by atoms with Crippen LogP contribution in [0.1, 0.15) is 37.8 Å². The van der Waals surface area contributed by atoms with Gasteiger partial charge in [0.1, 0.15) is 11.6 Å². The molecule has 1 aromatic heterocycles. The Morgan fingerprint density at radius 3 is 3.00 bits per heavy atom. The van der Waals surface area contributed by atoms with Crippen molar-refractivity contribution in [3.8, 4) is 6.07 Å². The van der Waals surface area contributed by atoms with Gasteiger partial charge in [0, 0.05) is 6.04 Å². The Hall–Kier alpha value is -2.02. The maximum Gasteiger partial charge on any atom is 0.201 e. The summed E-state index contributed by atoms with van der Waals surface area (Å²) < 4.78 is 2.06. The molecule has 1 aliphatic rings. The van der Waals surface area contributed by atoms with E-state index in [0.29, 0.717) is 17.6 Å². The van der Waals surface area contributed by atoms with Gasteiger partial charge in [-0.3, -0.25) is 0 Å². The van der Waals surface area contributed by atoms with E-state index in [4.69, 9.17) is 11.0 Å².